The van der Waals surface area contributed by atoms with E-state index in [-0.39, 0.29) is 0 Å². The second kappa shape index (κ2) is 5.92. The lowest BCUT2D eigenvalue weighted by Gasteiger charge is -2.24. The van der Waals surface area contributed by atoms with E-state index in [1.165, 1.54) is 25.7 Å². The summed E-state index contributed by atoms with van der Waals surface area (Å²) in [5, 5.41) is 4.05. The van der Waals surface area contributed by atoms with Gasteiger partial charge in [0.25, 0.3) is 0 Å². The maximum atomic E-state index is 12.0. The molecule has 1 amide bonds. The standard InChI is InChI=1S/C12H22N2OS/c1-2-14(10-3-4-10)12(15)9-16-11-5-7-13-8-6-11/h10-11,13H,2-9H2,1H3. The highest BCUT2D eigenvalue weighted by atomic mass is 32.2. The molecule has 16 heavy (non-hydrogen) atoms. The highest BCUT2D eigenvalue weighted by molar-refractivity contribution is 8.00. The highest BCUT2D eigenvalue weighted by Crippen LogP contribution is 2.28. The van der Waals surface area contributed by atoms with E-state index in [1.54, 1.807) is 0 Å². The van der Waals surface area contributed by atoms with Crippen LogP contribution in [0.25, 0.3) is 0 Å². The third-order valence-corrected chi connectivity index (χ3v) is 4.73. The Bertz CT molecular complexity index is 237. The van der Waals surface area contributed by atoms with Gasteiger partial charge in [0.1, 0.15) is 0 Å². The van der Waals surface area contributed by atoms with E-state index < -0.39 is 0 Å². The van der Waals surface area contributed by atoms with Crippen LogP contribution in [-0.2, 0) is 4.79 Å². The average molecular weight is 242 g/mol. The summed E-state index contributed by atoms with van der Waals surface area (Å²) in [6.07, 6.45) is 4.87. The Kier molecular flexibility index (Phi) is 4.53. The van der Waals surface area contributed by atoms with Crippen molar-refractivity contribution >= 4 is 17.7 Å². The number of carbonyl (C=O) groups is 1. The van der Waals surface area contributed by atoms with Crippen LogP contribution in [0.2, 0.25) is 0 Å². The van der Waals surface area contributed by atoms with E-state index in [9.17, 15) is 4.79 Å². The summed E-state index contributed by atoms with van der Waals surface area (Å²) < 4.78 is 0. The molecule has 4 heteroatoms. The largest absolute Gasteiger partial charge is 0.339 e. The Balaban J connectivity index is 1.69. The van der Waals surface area contributed by atoms with Crippen molar-refractivity contribution < 1.29 is 4.79 Å². The lowest BCUT2D eigenvalue weighted by atomic mass is 10.2. The summed E-state index contributed by atoms with van der Waals surface area (Å²) >= 11 is 1.86. The molecule has 0 aromatic rings. The predicted molar refractivity (Wildman–Crippen MR) is 68.8 cm³/mol. The van der Waals surface area contributed by atoms with Gasteiger partial charge in [-0.05, 0) is 45.7 Å². The first-order valence-electron chi connectivity index (χ1n) is 6.43. The van der Waals surface area contributed by atoms with Crippen molar-refractivity contribution in [1.29, 1.82) is 0 Å². The van der Waals surface area contributed by atoms with E-state index in [4.69, 9.17) is 0 Å². The lowest BCUT2D eigenvalue weighted by molar-refractivity contribution is -0.128. The van der Waals surface area contributed by atoms with Gasteiger partial charge in [-0.1, -0.05) is 0 Å². The molecule has 1 aliphatic carbocycles. The van der Waals surface area contributed by atoms with Crippen molar-refractivity contribution in [3.05, 3.63) is 0 Å². The Labute approximate surface area is 102 Å². The molecule has 1 aliphatic heterocycles. The molecular formula is C12H22N2OS. The monoisotopic (exact) mass is 242 g/mol. The van der Waals surface area contributed by atoms with Crippen LogP contribution >= 0.6 is 11.8 Å². The minimum Gasteiger partial charge on any atom is -0.339 e. The maximum Gasteiger partial charge on any atom is 0.232 e. The van der Waals surface area contributed by atoms with Crippen molar-refractivity contribution in [2.75, 3.05) is 25.4 Å². The van der Waals surface area contributed by atoms with Crippen LogP contribution in [0.5, 0.6) is 0 Å². The maximum absolute atomic E-state index is 12.0. The van der Waals surface area contributed by atoms with Crippen LogP contribution in [0.1, 0.15) is 32.6 Å². The molecule has 92 valence electrons. The molecule has 1 saturated heterocycles. The fourth-order valence-electron chi connectivity index (χ4n) is 2.26. The van der Waals surface area contributed by atoms with Gasteiger partial charge in [-0.2, -0.15) is 0 Å². The molecule has 0 radical (unpaired) electrons. The second-order valence-electron chi connectivity index (χ2n) is 4.67. The van der Waals surface area contributed by atoms with E-state index in [2.05, 4.69) is 17.1 Å². The summed E-state index contributed by atoms with van der Waals surface area (Å²) in [6.45, 7) is 5.21. The predicted octanol–water partition coefficient (Wildman–Crippen LogP) is 1.48. The Morgan fingerprint density at radius 1 is 1.31 bits per heavy atom. The molecule has 3 nitrogen and oxygen atoms in total. The normalized spacial score (nSPS) is 22.1. The van der Waals surface area contributed by atoms with Crippen LogP contribution in [0.4, 0.5) is 0 Å². The third-order valence-electron chi connectivity index (χ3n) is 3.38. The average Bonchev–Trinajstić information content (AvgIpc) is 3.13. The number of thioether (sulfide) groups is 1. The summed E-state index contributed by atoms with van der Waals surface area (Å²) in [5.74, 6) is 1.04. The smallest absolute Gasteiger partial charge is 0.232 e. The number of hydrogen-bond donors (Lipinski definition) is 1. The van der Waals surface area contributed by atoms with Crippen molar-refractivity contribution in [3.63, 3.8) is 0 Å². The third kappa shape index (κ3) is 3.39. The lowest BCUT2D eigenvalue weighted by Crippen LogP contribution is -2.35. The second-order valence-corrected chi connectivity index (χ2v) is 5.96. The Morgan fingerprint density at radius 3 is 2.56 bits per heavy atom. The van der Waals surface area contributed by atoms with Gasteiger partial charge in [0.05, 0.1) is 5.75 Å². The number of piperidine rings is 1. The summed E-state index contributed by atoms with van der Waals surface area (Å²) in [7, 11) is 0. The van der Waals surface area contributed by atoms with E-state index in [0.717, 1.165) is 19.6 Å². The van der Waals surface area contributed by atoms with Crippen molar-refractivity contribution in [1.82, 2.24) is 10.2 Å². The molecule has 1 saturated carbocycles. The number of hydrogen-bond acceptors (Lipinski definition) is 3. The topological polar surface area (TPSA) is 32.3 Å². The molecule has 2 rings (SSSR count). The fourth-order valence-corrected chi connectivity index (χ4v) is 3.37. The Morgan fingerprint density at radius 2 is 2.00 bits per heavy atom. The van der Waals surface area contributed by atoms with Crippen LogP contribution in [0, 0.1) is 0 Å². The number of rotatable bonds is 5. The van der Waals surface area contributed by atoms with Gasteiger partial charge in [0.15, 0.2) is 0 Å². The summed E-state index contributed by atoms with van der Waals surface area (Å²) in [6, 6.07) is 0.575. The van der Waals surface area contributed by atoms with Crippen molar-refractivity contribution in [2.24, 2.45) is 0 Å². The van der Waals surface area contributed by atoms with Crippen molar-refractivity contribution in [2.45, 2.75) is 43.9 Å². The molecule has 0 aromatic carbocycles. The van der Waals surface area contributed by atoms with Crippen LogP contribution in [0.15, 0.2) is 0 Å². The summed E-state index contributed by atoms with van der Waals surface area (Å²) in [5.41, 5.74) is 0. The highest BCUT2D eigenvalue weighted by Gasteiger charge is 2.31. The van der Waals surface area contributed by atoms with Gasteiger partial charge in [-0.15, -0.1) is 11.8 Å². The number of nitrogens with zero attached hydrogens (tertiary/aromatic N) is 1. The van der Waals surface area contributed by atoms with Gasteiger partial charge in [-0.25, -0.2) is 0 Å². The first kappa shape index (κ1) is 12.2. The fraction of sp³-hybridized carbons (Fsp3) is 0.917. The van der Waals surface area contributed by atoms with Gasteiger partial charge in [-0.3, -0.25) is 4.79 Å². The van der Waals surface area contributed by atoms with Gasteiger partial charge >= 0.3 is 0 Å². The molecule has 2 fully saturated rings. The van der Waals surface area contributed by atoms with Crippen LogP contribution < -0.4 is 5.32 Å². The number of carbonyl (C=O) groups excluding carboxylic acids is 1. The van der Waals surface area contributed by atoms with Crippen LogP contribution in [-0.4, -0.2) is 47.5 Å². The molecule has 0 aromatic heterocycles. The zero-order valence-electron chi connectivity index (χ0n) is 10.1. The van der Waals surface area contributed by atoms with E-state index in [1.807, 2.05) is 11.8 Å². The molecule has 0 bridgehead atoms. The van der Waals surface area contributed by atoms with Gasteiger partial charge < -0.3 is 10.2 Å². The molecule has 1 N–H and O–H groups in total. The van der Waals surface area contributed by atoms with E-state index in [0.29, 0.717) is 23.0 Å². The van der Waals surface area contributed by atoms with Crippen molar-refractivity contribution in [3.8, 4) is 0 Å². The van der Waals surface area contributed by atoms with Gasteiger partial charge in [0.2, 0.25) is 5.91 Å². The molecule has 1 heterocycles. The molecule has 0 atom stereocenters. The van der Waals surface area contributed by atoms with Crippen LogP contribution in [0.3, 0.4) is 0 Å². The first-order valence-corrected chi connectivity index (χ1v) is 7.48. The minimum atomic E-state index is 0.355. The zero-order chi connectivity index (χ0) is 11.4. The summed E-state index contributed by atoms with van der Waals surface area (Å²) in [4.78, 5) is 14.1. The number of amides is 1. The molecule has 2 aliphatic rings. The molecule has 0 spiro atoms. The van der Waals surface area contributed by atoms with E-state index >= 15 is 0 Å². The SMILES string of the molecule is CCN(C(=O)CSC1CCNCC1)C1CC1. The minimum absolute atomic E-state index is 0.355. The number of nitrogens with one attached hydrogen (secondary N) is 1. The molecule has 0 unspecified atom stereocenters. The first-order chi connectivity index (χ1) is 7.81. The zero-order valence-corrected chi connectivity index (χ0v) is 10.9. The Hall–Kier alpha value is -0.220. The van der Waals surface area contributed by atoms with Gasteiger partial charge in [0, 0.05) is 17.8 Å². The molecular weight excluding hydrogens is 220 g/mol. The quantitative estimate of drug-likeness (QED) is 0.792.